The zero-order valence-electron chi connectivity index (χ0n) is 15.9. The minimum absolute atomic E-state index is 0. The van der Waals surface area contributed by atoms with Crippen molar-refractivity contribution in [2.24, 2.45) is 5.92 Å². The van der Waals surface area contributed by atoms with Gasteiger partial charge in [0.1, 0.15) is 11.5 Å². The Balaban J connectivity index is 0.00000134. The first-order chi connectivity index (χ1) is 11.3. The molecule has 0 unspecified atom stereocenters. The molecule has 24 heavy (non-hydrogen) atoms. The van der Waals surface area contributed by atoms with Gasteiger partial charge in [0, 0.05) is 30.0 Å². The zero-order valence-corrected chi connectivity index (χ0v) is 16.3. The predicted octanol–water partition coefficient (Wildman–Crippen LogP) is 5.01. The summed E-state index contributed by atoms with van der Waals surface area (Å²) in [5.74, 6) is 0.718. The summed E-state index contributed by atoms with van der Waals surface area (Å²) in [6.07, 6.45) is 6.12. The number of benzene rings is 1. The van der Waals surface area contributed by atoms with Gasteiger partial charge in [-0.3, -0.25) is 0 Å². The number of aromatic hydroxyl groups is 2. The van der Waals surface area contributed by atoms with Crippen LogP contribution < -0.4 is 0 Å². The van der Waals surface area contributed by atoms with Crippen LogP contribution in [0.15, 0.2) is 35.9 Å². The molecule has 0 saturated heterocycles. The smallest absolute Gasteiger partial charge is 0.123 e. The maximum atomic E-state index is 10.4. The summed E-state index contributed by atoms with van der Waals surface area (Å²) in [6.45, 7) is 11.1. The van der Waals surface area contributed by atoms with Gasteiger partial charge in [-0.2, -0.15) is 7.85 Å². The van der Waals surface area contributed by atoms with E-state index in [2.05, 4.69) is 34.3 Å². The Morgan fingerprint density at radius 1 is 1.42 bits per heavy atom. The molecule has 1 aromatic carbocycles. The molecule has 0 heterocycles. The Kier molecular flexibility index (Phi) is 9.39. The van der Waals surface area contributed by atoms with Crippen LogP contribution in [0.3, 0.4) is 0 Å². The van der Waals surface area contributed by atoms with Crippen LogP contribution in [-0.2, 0) is 25.0 Å². The van der Waals surface area contributed by atoms with E-state index in [1.165, 1.54) is 5.57 Å². The van der Waals surface area contributed by atoms with Gasteiger partial charge in [-0.25, -0.2) is 1.37 Å². The van der Waals surface area contributed by atoms with E-state index in [-0.39, 0.29) is 41.9 Å². The molecule has 0 amide bonds. The second-order valence-corrected chi connectivity index (χ2v) is 6.33. The molecule has 2 N–H and O–H groups in total. The van der Waals surface area contributed by atoms with E-state index in [4.69, 9.17) is 1.37 Å². The number of allylic oxidation sites excluding steroid dienone is 3. The second kappa shape index (κ2) is 10.7. The zero-order chi connectivity index (χ0) is 18.3. The number of rotatable bonds is 4. The van der Waals surface area contributed by atoms with Crippen LogP contribution in [0.25, 0.3) is 0 Å². The molecular weight excluding hydrogens is 334 g/mol. The third kappa shape index (κ3) is 5.50. The molecule has 0 aliphatic heterocycles. The van der Waals surface area contributed by atoms with Gasteiger partial charge in [0.05, 0.1) is 0 Å². The summed E-state index contributed by atoms with van der Waals surface area (Å²) >= 11 is 0. The third-order valence-electron chi connectivity index (χ3n) is 4.45. The van der Waals surface area contributed by atoms with Crippen molar-refractivity contribution in [3.05, 3.63) is 53.9 Å². The van der Waals surface area contributed by atoms with E-state index in [1.807, 2.05) is 6.92 Å². The molecule has 1 aromatic rings. The Labute approximate surface area is 161 Å². The topological polar surface area (TPSA) is 40.5 Å². The summed E-state index contributed by atoms with van der Waals surface area (Å²) in [5.41, 5.74) is 4.07. The molecule has 4 heteroatoms. The van der Waals surface area contributed by atoms with Gasteiger partial charge in [0.15, 0.2) is 0 Å². The van der Waals surface area contributed by atoms with Crippen molar-refractivity contribution in [3.63, 3.8) is 0 Å². The summed E-state index contributed by atoms with van der Waals surface area (Å²) in [4.78, 5) is 0. The first kappa shape index (κ1) is 21.0. The van der Waals surface area contributed by atoms with Crippen LogP contribution in [0.1, 0.15) is 58.4 Å². The molecule has 0 aromatic heterocycles. The van der Waals surface area contributed by atoms with E-state index < -0.39 is 0 Å². The van der Waals surface area contributed by atoms with E-state index >= 15 is 0 Å². The fraction of sp³-hybridized carbons (Fsp3) is 0.450. The third-order valence-corrected chi connectivity index (χ3v) is 4.45. The summed E-state index contributed by atoms with van der Waals surface area (Å²) in [7, 11) is 4.39. The van der Waals surface area contributed by atoms with Gasteiger partial charge < -0.3 is 17.0 Å². The van der Waals surface area contributed by atoms with Crippen molar-refractivity contribution in [2.75, 3.05) is 0 Å². The number of phenols is 2. The molecule has 3 radical (unpaired) electrons. The summed E-state index contributed by atoms with van der Waals surface area (Å²) in [6, 6.07) is 3.59. The van der Waals surface area contributed by atoms with E-state index in [0.29, 0.717) is 5.56 Å². The Morgan fingerprint density at radius 2 is 1.96 bits per heavy atom. The van der Waals surface area contributed by atoms with Crippen LogP contribution in [-0.4, -0.2) is 18.1 Å². The first-order valence-electron chi connectivity index (χ1n) is 8.72. The quantitative estimate of drug-likeness (QED) is 0.449. The SMILES string of the molecule is C=C(C)[C@@H]1CCC(C)=C[C@H]1c1c(O)cc(CCC)cc1O.[2H][CH-][B].[V]. The number of phenolic OH excluding ortho intramolecular Hbond substituents is 2. The molecule has 0 spiro atoms. The summed E-state index contributed by atoms with van der Waals surface area (Å²) in [5, 5.41) is 20.8. The van der Waals surface area contributed by atoms with Crippen LogP contribution in [0.5, 0.6) is 11.5 Å². The van der Waals surface area contributed by atoms with Crippen molar-refractivity contribution >= 4 is 7.85 Å². The van der Waals surface area contributed by atoms with Crippen molar-refractivity contribution in [1.82, 2.24) is 0 Å². The fourth-order valence-corrected chi connectivity index (χ4v) is 3.36. The van der Waals surface area contributed by atoms with Gasteiger partial charge >= 0.3 is 0 Å². The maximum Gasteiger partial charge on any atom is 0.123 e. The first-order valence-corrected chi connectivity index (χ1v) is 8.14. The van der Waals surface area contributed by atoms with Gasteiger partial charge in [-0.15, -0.1) is 0 Å². The van der Waals surface area contributed by atoms with Crippen LogP contribution >= 0.6 is 0 Å². The largest absolute Gasteiger partial charge is 0.507 e. The Hall–Kier alpha value is -1.05. The van der Waals surface area contributed by atoms with Gasteiger partial charge in [-0.05, 0) is 56.7 Å². The minimum atomic E-state index is 0. The molecule has 0 saturated carbocycles. The summed E-state index contributed by atoms with van der Waals surface area (Å²) < 4.78 is 5.86. The molecule has 1 aliphatic carbocycles. The van der Waals surface area contributed by atoms with E-state index in [1.54, 1.807) is 12.1 Å². The maximum absolute atomic E-state index is 10.4. The van der Waals surface area contributed by atoms with Crippen LogP contribution in [0.4, 0.5) is 0 Å². The normalized spacial score (nSPS) is 20.0. The molecule has 0 bridgehead atoms. The molecular formula is C20H28BO2V-. The number of aryl methyl sites for hydroxylation is 1. The molecule has 2 atom stereocenters. The predicted molar refractivity (Wildman–Crippen MR) is 98.9 cm³/mol. The van der Waals surface area contributed by atoms with E-state index in [0.717, 1.165) is 43.6 Å². The van der Waals surface area contributed by atoms with Crippen LogP contribution in [0, 0.1) is 12.7 Å². The Morgan fingerprint density at radius 3 is 2.42 bits per heavy atom. The van der Waals surface area contributed by atoms with Gasteiger partial charge in [0.25, 0.3) is 0 Å². The standard InChI is InChI=1S/C19H26O2.CH2B.V/c1-5-6-14-10-17(20)19(18(21)11-14)16-9-13(4)7-8-15(16)12(2)3;1-2;/h9-11,15-16,20-21H,2,5-8H2,1,3-4H3;1H2;/q;-1;/t15-,16+;;/m0../s1/i;1D;. The van der Waals surface area contributed by atoms with Crippen molar-refractivity contribution < 1.29 is 30.1 Å². The number of hydrogen-bond acceptors (Lipinski definition) is 2. The number of hydrogen-bond donors (Lipinski definition) is 2. The average Bonchev–Trinajstić information content (AvgIpc) is 2.47. The molecule has 2 nitrogen and oxygen atoms in total. The average molecular weight is 363 g/mol. The van der Waals surface area contributed by atoms with Gasteiger partial charge in [0.2, 0.25) is 0 Å². The molecule has 2 rings (SSSR count). The molecule has 0 fully saturated rings. The van der Waals surface area contributed by atoms with Crippen molar-refractivity contribution in [2.45, 2.75) is 52.4 Å². The second-order valence-electron chi connectivity index (χ2n) is 6.33. The molecule has 129 valence electrons. The van der Waals surface area contributed by atoms with Crippen molar-refractivity contribution in [1.29, 1.82) is 0 Å². The minimum Gasteiger partial charge on any atom is -0.507 e. The van der Waals surface area contributed by atoms with Crippen LogP contribution in [0.2, 0.25) is 0 Å². The Bertz CT molecular complexity index is 578. The van der Waals surface area contributed by atoms with Crippen molar-refractivity contribution in [3.8, 4) is 11.5 Å². The van der Waals surface area contributed by atoms with E-state index in [9.17, 15) is 10.2 Å². The fourth-order valence-electron chi connectivity index (χ4n) is 3.36. The monoisotopic (exact) mass is 363 g/mol. The van der Waals surface area contributed by atoms with Gasteiger partial charge in [-0.1, -0.05) is 37.1 Å². The molecule has 1 aliphatic rings.